The van der Waals surface area contributed by atoms with Crippen molar-refractivity contribution in [3.8, 4) is 0 Å². The predicted octanol–water partition coefficient (Wildman–Crippen LogP) is 9.24. The number of allylic oxidation sites excluding steroid dienone is 24. The Balaban J connectivity index is 1.43. The summed E-state index contributed by atoms with van der Waals surface area (Å²) in [6.45, 7) is 0. The summed E-state index contributed by atoms with van der Waals surface area (Å²) in [6.07, 6.45) is 59.6. The Kier molecular flexibility index (Phi) is 9.30. The van der Waals surface area contributed by atoms with Crippen molar-refractivity contribution in [1.82, 2.24) is 0 Å². The minimum absolute atomic E-state index is 0.115. The fraction of sp³-hybridized carbons (Fsp3) is 0.333. The first kappa shape index (κ1) is 30.3. The first-order valence-electron chi connectivity index (χ1n) is 16.3. The Morgan fingerprint density at radius 3 is 0.818 bits per heavy atom. The maximum atomic E-state index is 8.23. The Bertz CT molecular complexity index is 1260. The summed E-state index contributed by atoms with van der Waals surface area (Å²) < 4.78 is 31.3. The zero-order chi connectivity index (χ0) is 29.7. The number of rotatable bonds is 6. The molecular formula is C36H42O4Si4. The normalized spacial score (nSPS) is 42.5. The summed E-state index contributed by atoms with van der Waals surface area (Å²) in [5.41, 5.74) is 1.01. The van der Waals surface area contributed by atoms with E-state index in [-0.39, 0.29) is 43.3 Å². The molecule has 4 nitrogen and oxygen atoms in total. The molecule has 0 aromatic rings. The van der Waals surface area contributed by atoms with Gasteiger partial charge in [-0.3, -0.25) is 0 Å². The van der Waals surface area contributed by atoms with E-state index in [1.54, 1.807) is 0 Å². The Labute approximate surface area is 268 Å². The number of hydrogen-bond donors (Lipinski definition) is 0. The predicted molar refractivity (Wildman–Crippen MR) is 187 cm³/mol. The molecular weight excluding hydrogens is 609 g/mol. The molecule has 44 heavy (non-hydrogen) atoms. The van der Waals surface area contributed by atoms with Crippen LogP contribution in [0, 0.1) is 0 Å². The van der Waals surface area contributed by atoms with Gasteiger partial charge in [-0.1, -0.05) is 146 Å². The topological polar surface area (TPSA) is 36.9 Å². The molecule has 6 unspecified atom stereocenters. The molecule has 0 aromatic heterocycles. The monoisotopic (exact) mass is 650 g/mol. The second-order valence-electron chi connectivity index (χ2n) is 12.6. The lowest BCUT2D eigenvalue weighted by molar-refractivity contribution is 0.210. The summed E-state index contributed by atoms with van der Waals surface area (Å²) in [5, 5.41) is 0. The van der Waals surface area contributed by atoms with Crippen LogP contribution < -0.4 is 0 Å². The van der Waals surface area contributed by atoms with Gasteiger partial charge in [-0.15, -0.1) is 0 Å². The largest absolute Gasteiger partial charge is 0.414 e. The summed E-state index contributed by atoms with van der Waals surface area (Å²) >= 11 is 0. The van der Waals surface area contributed by atoms with Gasteiger partial charge in [0.1, 0.15) is 0 Å². The molecule has 0 amide bonds. The van der Waals surface area contributed by atoms with Crippen molar-refractivity contribution in [2.24, 2.45) is 0 Å². The van der Waals surface area contributed by atoms with Crippen LogP contribution in [0.25, 0.3) is 0 Å². The summed E-state index contributed by atoms with van der Waals surface area (Å²) in [5.74, 6) is 0. The van der Waals surface area contributed by atoms with E-state index in [1.807, 2.05) is 0 Å². The molecule has 7 rings (SSSR count). The van der Waals surface area contributed by atoms with Crippen molar-refractivity contribution in [2.75, 3.05) is 0 Å². The van der Waals surface area contributed by atoms with Gasteiger partial charge in [-0.25, -0.2) is 0 Å². The van der Waals surface area contributed by atoms with Crippen molar-refractivity contribution >= 4 is 35.7 Å². The molecule has 0 bridgehead atoms. The third kappa shape index (κ3) is 5.71. The van der Waals surface area contributed by atoms with Gasteiger partial charge in [0.15, 0.2) is 0 Å². The summed E-state index contributed by atoms with van der Waals surface area (Å²) in [4.78, 5) is 0. The smallest absolute Gasteiger partial charge is 0.413 e. The van der Waals surface area contributed by atoms with Crippen LogP contribution >= 0.6 is 0 Å². The molecule has 6 atom stereocenters. The highest BCUT2D eigenvalue weighted by molar-refractivity contribution is 6.93. The Hall–Kier alpha value is -2.41. The van der Waals surface area contributed by atoms with Gasteiger partial charge in [0.25, 0.3) is 0 Å². The molecule has 8 heteroatoms. The molecule has 1 saturated heterocycles. The zero-order valence-electron chi connectivity index (χ0n) is 25.2. The van der Waals surface area contributed by atoms with Gasteiger partial charge in [0.05, 0.1) is 0 Å². The highest BCUT2D eigenvalue weighted by Crippen LogP contribution is 2.56. The molecule has 7 aliphatic rings. The Morgan fingerprint density at radius 2 is 0.591 bits per heavy atom. The van der Waals surface area contributed by atoms with Crippen molar-refractivity contribution in [3.63, 3.8) is 0 Å². The zero-order valence-corrected chi connectivity index (χ0v) is 29.2. The van der Waals surface area contributed by atoms with E-state index in [1.165, 1.54) is 0 Å². The van der Waals surface area contributed by atoms with Crippen LogP contribution in [0.15, 0.2) is 146 Å². The van der Waals surface area contributed by atoms with Crippen molar-refractivity contribution < 1.29 is 16.5 Å². The molecule has 1 heterocycles. The lowest BCUT2D eigenvalue weighted by Gasteiger charge is -2.57. The molecule has 1 aliphatic heterocycles. The van der Waals surface area contributed by atoms with E-state index in [9.17, 15) is 0 Å². The van der Waals surface area contributed by atoms with E-state index in [4.69, 9.17) is 16.5 Å². The van der Waals surface area contributed by atoms with Crippen LogP contribution in [-0.2, 0) is 16.5 Å². The first-order chi connectivity index (χ1) is 21.8. The van der Waals surface area contributed by atoms with Crippen LogP contribution in [0.4, 0.5) is 0 Å². The maximum Gasteiger partial charge on any atom is 0.413 e. The SMILES string of the molecule is C1=CCC([Si]2(C3C=CC=CC3)O[Si]O[Si](C3C=CC=CC3)(C3C=CC=CC3)O[Si](C3C=CC=CC3)(C3C=CC=CC3)O2)C=C1. The maximum absolute atomic E-state index is 8.23. The van der Waals surface area contributed by atoms with Gasteiger partial charge in [-0.2, -0.15) is 0 Å². The minimum Gasteiger partial charge on any atom is -0.414 e. The fourth-order valence-electron chi connectivity index (χ4n) is 7.72. The van der Waals surface area contributed by atoms with Gasteiger partial charge >= 0.3 is 35.7 Å². The molecule has 1 fully saturated rings. The van der Waals surface area contributed by atoms with Gasteiger partial charge in [0, 0.05) is 33.2 Å². The van der Waals surface area contributed by atoms with E-state index < -0.39 is 25.7 Å². The van der Waals surface area contributed by atoms with E-state index >= 15 is 0 Å². The molecule has 0 saturated carbocycles. The molecule has 226 valence electrons. The average Bonchev–Trinajstić information content (AvgIpc) is 3.11. The minimum atomic E-state index is -3.20. The van der Waals surface area contributed by atoms with Crippen molar-refractivity contribution in [3.05, 3.63) is 146 Å². The number of hydrogen-bond acceptors (Lipinski definition) is 4. The molecule has 0 aromatic carbocycles. The van der Waals surface area contributed by atoms with Crippen molar-refractivity contribution in [1.29, 1.82) is 0 Å². The van der Waals surface area contributed by atoms with Crippen LogP contribution in [0.5, 0.6) is 0 Å². The van der Waals surface area contributed by atoms with Crippen molar-refractivity contribution in [2.45, 2.75) is 71.8 Å². The van der Waals surface area contributed by atoms with Crippen LogP contribution in [-0.4, -0.2) is 35.7 Å². The van der Waals surface area contributed by atoms with Gasteiger partial charge < -0.3 is 16.5 Å². The van der Waals surface area contributed by atoms with Crippen LogP contribution in [0.2, 0.25) is 33.2 Å². The second-order valence-corrected chi connectivity index (χ2v) is 24.8. The quantitative estimate of drug-likeness (QED) is 0.269. The average molecular weight is 651 g/mol. The standard InChI is InChI=1S/C36H42O4Si4/c1-7-19-31(20-8-1)42(32-21-9-2-10-22-32)37-41-38-43(33-23-11-3-12-24-33,34-25-13-4-14-26-34)40-44(39-42,35-27-15-5-16-28-35)36-29-17-6-18-30-36/h1-19,21,23,25,27,29,31-36H,20,22,24,26,28,30H2. The fourth-order valence-corrected chi connectivity index (χ4v) is 28.9. The van der Waals surface area contributed by atoms with E-state index in [2.05, 4.69) is 146 Å². The van der Waals surface area contributed by atoms with E-state index in [0.717, 1.165) is 38.5 Å². The molecule has 0 N–H and O–H groups in total. The molecule has 6 aliphatic carbocycles. The van der Waals surface area contributed by atoms with Crippen LogP contribution in [0.3, 0.4) is 0 Å². The van der Waals surface area contributed by atoms with Gasteiger partial charge in [-0.05, 0) is 38.5 Å². The van der Waals surface area contributed by atoms with Gasteiger partial charge in [0.2, 0.25) is 0 Å². The summed E-state index contributed by atoms with van der Waals surface area (Å²) in [6, 6.07) is 0. The first-order valence-corrected chi connectivity index (χ1v) is 23.0. The van der Waals surface area contributed by atoms with E-state index in [0.29, 0.717) is 0 Å². The highest BCUT2D eigenvalue weighted by atomic mass is 28.5. The third-order valence-corrected chi connectivity index (χ3v) is 27.1. The lowest BCUT2D eigenvalue weighted by Crippen LogP contribution is -2.71. The van der Waals surface area contributed by atoms with Crippen LogP contribution in [0.1, 0.15) is 38.5 Å². The highest BCUT2D eigenvalue weighted by Gasteiger charge is 2.67. The summed E-state index contributed by atoms with van der Waals surface area (Å²) in [7, 11) is -9.39. The molecule has 0 spiro atoms. The Morgan fingerprint density at radius 1 is 0.341 bits per heavy atom. The lowest BCUT2D eigenvalue weighted by atomic mass is 10.2. The second kappa shape index (κ2) is 13.5. The molecule has 2 radical (unpaired) electrons. The third-order valence-electron chi connectivity index (χ3n) is 10.0.